The fourth-order valence-corrected chi connectivity index (χ4v) is 3.27. The first-order valence-electron chi connectivity index (χ1n) is 9.59. The predicted molar refractivity (Wildman–Crippen MR) is 99.7 cm³/mol. The number of hydrogen-bond acceptors (Lipinski definition) is 5. The Balaban J connectivity index is 2.51. The van der Waals surface area contributed by atoms with Gasteiger partial charge in [-0.15, -0.1) is 0 Å². The van der Waals surface area contributed by atoms with Crippen molar-refractivity contribution < 1.29 is 29.6 Å². The SMILES string of the molecule is CCOCC[C@H](O)/C=C/[C@@H]1C(CCCCCCC(=O)O)=C(OC)C[C@H]1O. The molecular weight excluding hydrogens is 336 g/mol. The smallest absolute Gasteiger partial charge is 0.303 e. The van der Waals surface area contributed by atoms with Gasteiger partial charge in [-0.05, 0) is 31.8 Å². The molecule has 6 nitrogen and oxygen atoms in total. The number of carbonyl (C=O) groups is 1. The van der Waals surface area contributed by atoms with Gasteiger partial charge in [-0.2, -0.15) is 0 Å². The Kier molecular flexibility index (Phi) is 11.2. The van der Waals surface area contributed by atoms with Crippen LogP contribution in [0.5, 0.6) is 0 Å². The van der Waals surface area contributed by atoms with Gasteiger partial charge in [-0.25, -0.2) is 0 Å². The topological polar surface area (TPSA) is 96.2 Å². The Morgan fingerprint density at radius 1 is 1.31 bits per heavy atom. The molecule has 0 aromatic carbocycles. The number of unbranched alkanes of at least 4 members (excludes halogenated alkanes) is 3. The number of rotatable bonds is 14. The number of methoxy groups -OCH3 is 1. The van der Waals surface area contributed by atoms with E-state index in [1.165, 1.54) is 0 Å². The number of aliphatic hydroxyl groups is 2. The molecule has 0 saturated heterocycles. The van der Waals surface area contributed by atoms with Crippen molar-refractivity contribution in [2.45, 2.75) is 70.5 Å². The third-order valence-electron chi connectivity index (χ3n) is 4.71. The molecule has 0 bridgehead atoms. The zero-order valence-electron chi connectivity index (χ0n) is 16.0. The molecule has 3 N–H and O–H groups in total. The van der Waals surface area contributed by atoms with Crippen molar-refractivity contribution in [2.24, 2.45) is 5.92 Å². The van der Waals surface area contributed by atoms with Gasteiger partial charge < -0.3 is 24.8 Å². The number of carboxylic acid groups (broad SMARTS) is 1. The predicted octanol–water partition coefficient (Wildman–Crippen LogP) is 3.04. The molecule has 26 heavy (non-hydrogen) atoms. The monoisotopic (exact) mass is 370 g/mol. The quantitative estimate of drug-likeness (QED) is 0.321. The molecule has 1 aliphatic carbocycles. The van der Waals surface area contributed by atoms with Crippen LogP contribution < -0.4 is 0 Å². The van der Waals surface area contributed by atoms with Gasteiger partial charge in [0.1, 0.15) is 0 Å². The van der Waals surface area contributed by atoms with Crippen molar-refractivity contribution in [2.75, 3.05) is 20.3 Å². The number of carboxylic acids is 1. The van der Waals surface area contributed by atoms with E-state index in [0.717, 1.165) is 37.0 Å². The van der Waals surface area contributed by atoms with Gasteiger partial charge in [0.15, 0.2) is 0 Å². The van der Waals surface area contributed by atoms with E-state index in [1.807, 2.05) is 13.0 Å². The maximum atomic E-state index is 10.5. The summed E-state index contributed by atoms with van der Waals surface area (Å²) in [4.78, 5) is 10.5. The average Bonchev–Trinajstić information content (AvgIpc) is 2.91. The molecule has 0 heterocycles. The fourth-order valence-electron chi connectivity index (χ4n) is 3.27. The number of aliphatic hydroxyl groups excluding tert-OH is 2. The first-order valence-corrected chi connectivity index (χ1v) is 9.59. The van der Waals surface area contributed by atoms with Crippen LogP contribution in [0.3, 0.4) is 0 Å². The molecule has 0 saturated carbocycles. The van der Waals surface area contributed by atoms with E-state index in [1.54, 1.807) is 13.2 Å². The average molecular weight is 370 g/mol. The highest BCUT2D eigenvalue weighted by atomic mass is 16.5. The van der Waals surface area contributed by atoms with Crippen LogP contribution in [0.15, 0.2) is 23.5 Å². The second kappa shape index (κ2) is 12.9. The van der Waals surface area contributed by atoms with Gasteiger partial charge in [-0.3, -0.25) is 4.79 Å². The van der Waals surface area contributed by atoms with Gasteiger partial charge in [0, 0.05) is 38.4 Å². The third-order valence-corrected chi connectivity index (χ3v) is 4.71. The van der Waals surface area contributed by atoms with Crippen molar-refractivity contribution in [3.63, 3.8) is 0 Å². The van der Waals surface area contributed by atoms with Crippen LogP contribution in [0.2, 0.25) is 0 Å². The van der Waals surface area contributed by atoms with E-state index in [-0.39, 0.29) is 12.3 Å². The summed E-state index contributed by atoms with van der Waals surface area (Å²) in [6.45, 7) is 3.06. The minimum Gasteiger partial charge on any atom is -0.501 e. The summed E-state index contributed by atoms with van der Waals surface area (Å²) < 4.78 is 10.7. The van der Waals surface area contributed by atoms with Crippen molar-refractivity contribution >= 4 is 5.97 Å². The molecule has 1 rings (SSSR count). The summed E-state index contributed by atoms with van der Waals surface area (Å²) in [6.07, 6.45) is 8.05. The fraction of sp³-hybridized carbons (Fsp3) is 0.750. The first kappa shape index (κ1) is 22.7. The summed E-state index contributed by atoms with van der Waals surface area (Å²) in [5.74, 6) is -0.0476. The third kappa shape index (κ3) is 8.34. The van der Waals surface area contributed by atoms with Crippen molar-refractivity contribution in [3.8, 4) is 0 Å². The molecule has 0 fully saturated rings. The maximum Gasteiger partial charge on any atom is 0.303 e. The Morgan fingerprint density at radius 3 is 2.69 bits per heavy atom. The number of aliphatic carboxylic acids is 1. The van der Waals surface area contributed by atoms with E-state index in [4.69, 9.17) is 14.6 Å². The van der Waals surface area contributed by atoms with Gasteiger partial charge in [0.2, 0.25) is 0 Å². The van der Waals surface area contributed by atoms with E-state index in [9.17, 15) is 15.0 Å². The van der Waals surface area contributed by atoms with Crippen LogP contribution in [-0.4, -0.2) is 53.8 Å². The summed E-state index contributed by atoms with van der Waals surface area (Å²) in [5.41, 5.74) is 1.09. The Bertz CT molecular complexity index is 471. The molecule has 6 heteroatoms. The Labute approximate surface area is 156 Å². The number of hydrogen-bond donors (Lipinski definition) is 3. The van der Waals surface area contributed by atoms with Crippen LogP contribution in [0.25, 0.3) is 0 Å². The molecule has 0 radical (unpaired) electrons. The zero-order valence-corrected chi connectivity index (χ0v) is 16.0. The highest BCUT2D eigenvalue weighted by molar-refractivity contribution is 5.66. The van der Waals surface area contributed by atoms with Gasteiger partial charge >= 0.3 is 5.97 Å². The molecule has 0 spiro atoms. The molecule has 0 unspecified atom stereocenters. The molecule has 0 aromatic rings. The van der Waals surface area contributed by atoms with Crippen LogP contribution in [0, 0.1) is 5.92 Å². The minimum atomic E-state index is -0.749. The Morgan fingerprint density at radius 2 is 2.04 bits per heavy atom. The van der Waals surface area contributed by atoms with E-state index >= 15 is 0 Å². The lowest BCUT2D eigenvalue weighted by Gasteiger charge is -2.16. The van der Waals surface area contributed by atoms with Crippen molar-refractivity contribution in [3.05, 3.63) is 23.5 Å². The summed E-state index contributed by atoms with van der Waals surface area (Å²) in [6, 6.07) is 0. The van der Waals surface area contributed by atoms with Crippen molar-refractivity contribution in [1.29, 1.82) is 0 Å². The van der Waals surface area contributed by atoms with Gasteiger partial charge in [0.25, 0.3) is 0 Å². The standard InChI is InChI=1S/C20H34O6/c1-3-26-13-12-15(21)10-11-16-17(19(25-2)14-18(16)22)8-6-4-5-7-9-20(23)24/h10-11,15-16,18,21-22H,3-9,12-14H2,1-2H3,(H,23,24)/b11-10+/t15-,16-,18-/m1/s1. The lowest BCUT2D eigenvalue weighted by molar-refractivity contribution is -0.137. The minimum absolute atomic E-state index is 0.134. The zero-order chi connectivity index (χ0) is 19.4. The normalized spacial score (nSPS) is 21.5. The summed E-state index contributed by atoms with van der Waals surface area (Å²) in [7, 11) is 1.62. The second-order valence-electron chi connectivity index (χ2n) is 6.70. The lowest BCUT2D eigenvalue weighted by atomic mass is 9.93. The second-order valence-corrected chi connectivity index (χ2v) is 6.70. The highest BCUT2D eigenvalue weighted by Crippen LogP contribution is 2.37. The number of ether oxygens (including phenoxy) is 2. The lowest BCUT2D eigenvalue weighted by Crippen LogP contribution is -2.15. The molecule has 1 aliphatic rings. The summed E-state index contributed by atoms with van der Waals surface area (Å²) in [5, 5.41) is 29.0. The molecule has 0 aromatic heterocycles. The molecule has 0 amide bonds. The van der Waals surface area contributed by atoms with Gasteiger partial charge in [-0.1, -0.05) is 25.0 Å². The van der Waals surface area contributed by atoms with Gasteiger partial charge in [0.05, 0.1) is 25.1 Å². The van der Waals surface area contributed by atoms with E-state index in [2.05, 4.69) is 0 Å². The van der Waals surface area contributed by atoms with Crippen molar-refractivity contribution in [1.82, 2.24) is 0 Å². The maximum absolute atomic E-state index is 10.5. The first-order chi connectivity index (χ1) is 12.5. The molecule has 150 valence electrons. The van der Waals surface area contributed by atoms with Crippen LogP contribution in [-0.2, 0) is 14.3 Å². The summed E-state index contributed by atoms with van der Waals surface area (Å²) >= 11 is 0. The molecular formula is C20H34O6. The van der Waals surface area contributed by atoms with Crippen LogP contribution >= 0.6 is 0 Å². The van der Waals surface area contributed by atoms with Crippen LogP contribution in [0.4, 0.5) is 0 Å². The largest absolute Gasteiger partial charge is 0.501 e. The molecule has 3 atom stereocenters. The Hall–Kier alpha value is -1.37. The van der Waals surface area contributed by atoms with E-state index in [0.29, 0.717) is 32.5 Å². The van der Waals surface area contributed by atoms with E-state index < -0.39 is 18.2 Å². The highest BCUT2D eigenvalue weighted by Gasteiger charge is 2.32. The van der Waals surface area contributed by atoms with Crippen LogP contribution in [0.1, 0.15) is 58.3 Å². The molecule has 0 aliphatic heterocycles.